The lowest BCUT2D eigenvalue weighted by molar-refractivity contribution is 0.101. The maximum Gasteiger partial charge on any atom is 0.264 e. The first-order chi connectivity index (χ1) is 10.1. The molecule has 0 aliphatic heterocycles. The largest absolute Gasteiger partial charge is 0.497 e. The minimum atomic E-state index is -0.0788. The summed E-state index contributed by atoms with van der Waals surface area (Å²) < 4.78 is 15.8. The van der Waals surface area contributed by atoms with Gasteiger partial charge in [0.25, 0.3) is 5.89 Å². The van der Waals surface area contributed by atoms with Crippen LogP contribution in [0, 0.1) is 0 Å². The van der Waals surface area contributed by atoms with Crippen molar-refractivity contribution in [3.05, 3.63) is 35.5 Å². The summed E-state index contributed by atoms with van der Waals surface area (Å²) in [5.74, 6) is 2.03. The molecule has 0 radical (unpaired) electrons. The number of carbonyl (C=O) groups is 1. The molecule has 0 atom stereocenters. The molecule has 0 unspecified atom stereocenters. The smallest absolute Gasteiger partial charge is 0.264 e. The van der Waals surface area contributed by atoms with E-state index in [-0.39, 0.29) is 12.4 Å². The van der Waals surface area contributed by atoms with Gasteiger partial charge in [0.15, 0.2) is 18.2 Å². The van der Waals surface area contributed by atoms with E-state index in [4.69, 9.17) is 14.0 Å². The fraction of sp³-hybridized carbons (Fsp3) is 0.400. The molecule has 2 rings (SSSR count). The Kier molecular flexibility index (Phi) is 4.92. The number of benzene rings is 1. The van der Waals surface area contributed by atoms with Crippen molar-refractivity contribution < 1.29 is 18.8 Å². The average Bonchev–Trinajstić information content (AvgIpc) is 2.92. The van der Waals surface area contributed by atoms with Gasteiger partial charge in [0.1, 0.15) is 11.5 Å². The zero-order valence-electron chi connectivity index (χ0n) is 12.4. The zero-order chi connectivity index (χ0) is 15.2. The number of Topliss-reactive ketones (excluding diaryl/α,β-unsaturated/α-hetero) is 1. The van der Waals surface area contributed by atoms with Crippen molar-refractivity contribution in [3.8, 4) is 11.5 Å². The van der Waals surface area contributed by atoms with Crippen LogP contribution in [-0.4, -0.2) is 23.0 Å². The third-order valence-electron chi connectivity index (χ3n) is 2.90. The topological polar surface area (TPSA) is 74.5 Å². The van der Waals surface area contributed by atoms with Gasteiger partial charge in [-0.05, 0) is 25.5 Å². The van der Waals surface area contributed by atoms with Gasteiger partial charge >= 0.3 is 0 Å². The number of ketones is 1. The number of nitrogens with zero attached hydrogens (tertiary/aromatic N) is 2. The summed E-state index contributed by atoms with van der Waals surface area (Å²) >= 11 is 0. The second-order valence-electron chi connectivity index (χ2n) is 4.56. The Morgan fingerprint density at radius 3 is 2.86 bits per heavy atom. The van der Waals surface area contributed by atoms with E-state index in [9.17, 15) is 4.79 Å². The van der Waals surface area contributed by atoms with E-state index in [0.29, 0.717) is 28.8 Å². The number of hydrogen-bond acceptors (Lipinski definition) is 6. The van der Waals surface area contributed by atoms with Crippen molar-refractivity contribution in [1.29, 1.82) is 0 Å². The zero-order valence-corrected chi connectivity index (χ0v) is 12.4. The highest BCUT2D eigenvalue weighted by atomic mass is 16.5. The summed E-state index contributed by atoms with van der Waals surface area (Å²) in [6, 6.07) is 5.06. The van der Waals surface area contributed by atoms with Crippen LogP contribution in [0.2, 0.25) is 0 Å². The molecule has 0 amide bonds. The molecule has 0 saturated carbocycles. The first-order valence-corrected chi connectivity index (χ1v) is 6.77. The number of aryl methyl sites for hydroxylation is 1. The Morgan fingerprint density at radius 1 is 1.38 bits per heavy atom. The van der Waals surface area contributed by atoms with E-state index in [0.717, 1.165) is 12.8 Å². The molecule has 0 fully saturated rings. The van der Waals surface area contributed by atoms with Crippen LogP contribution in [0.15, 0.2) is 22.7 Å². The second kappa shape index (κ2) is 6.88. The van der Waals surface area contributed by atoms with Crippen LogP contribution >= 0.6 is 0 Å². The molecule has 0 bridgehead atoms. The highest BCUT2D eigenvalue weighted by Crippen LogP contribution is 2.26. The van der Waals surface area contributed by atoms with E-state index in [1.54, 1.807) is 25.3 Å². The van der Waals surface area contributed by atoms with Crippen molar-refractivity contribution >= 4 is 5.78 Å². The Balaban J connectivity index is 2.12. The van der Waals surface area contributed by atoms with Crippen LogP contribution in [-0.2, 0) is 13.0 Å². The number of ether oxygens (including phenoxy) is 2. The van der Waals surface area contributed by atoms with Crippen LogP contribution in [0.25, 0.3) is 0 Å². The standard InChI is InChI=1S/C15H18N2O4/c1-4-5-14-16-15(21-17-14)9-20-13-8-11(19-3)6-7-12(13)10(2)18/h6-8H,4-5,9H2,1-3H3. The molecule has 0 aliphatic carbocycles. The highest BCUT2D eigenvalue weighted by molar-refractivity contribution is 5.97. The predicted octanol–water partition coefficient (Wildman–Crippen LogP) is 2.81. The van der Waals surface area contributed by atoms with E-state index in [1.165, 1.54) is 6.92 Å². The molecule has 0 spiro atoms. The summed E-state index contributed by atoms with van der Waals surface area (Å²) in [5.41, 5.74) is 0.490. The second-order valence-corrected chi connectivity index (χ2v) is 4.56. The molecule has 0 N–H and O–H groups in total. The van der Waals surface area contributed by atoms with E-state index in [2.05, 4.69) is 10.1 Å². The van der Waals surface area contributed by atoms with Gasteiger partial charge in [0, 0.05) is 12.5 Å². The maximum atomic E-state index is 11.6. The lowest BCUT2D eigenvalue weighted by Crippen LogP contribution is -2.02. The molecule has 1 aromatic carbocycles. The van der Waals surface area contributed by atoms with Gasteiger partial charge in [-0.3, -0.25) is 4.79 Å². The normalized spacial score (nSPS) is 10.4. The Morgan fingerprint density at radius 2 is 2.19 bits per heavy atom. The van der Waals surface area contributed by atoms with Crippen LogP contribution in [0.5, 0.6) is 11.5 Å². The molecule has 0 saturated heterocycles. The van der Waals surface area contributed by atoms with Crippen molar-refractivity contribution in [1.82, 2.24) is 10.1 Å². The molecule has 1 aromatic heterocycles. The van der Waals surface area contributed by atoms with Crippen LogP contribution < -0.4 is 9.47 Å². The third-order valence-corrected chi connectivity index (χ3v) is 2.90. The van der Waals surface area contributed by atoms with Gasteiger partial charge in [-0.25, -0.2) is 0 Å². The van der Waals surface area contributed by atoms with Crippen molar-refractivity contribution in [2.75, 3.05) is 7.11 Å². The van der Waals surface area contributed by atoms with Crippen molar-refractivity contribution in [3.63, 3.8) is 0 Å². The fourth-order valence-electron chi connectivity index (χ4n) is 1.85. The van der Waals surface area contributed by atoms with E-state index in [1.807, 2.05) is 6.92 Å². The predicted molar refractivity (Wildman–Crippen MR) is 75.6 cm³/mol. The van der Waals surface area contributed by atoms with E-state index >= 15 is 0 Å². The summed E-state index contributed by atoms with van der Waals surface area (Å²) in [5, 5.41) is 3.85. The summed E-state index contributed by atoms with van der Waals surface area (Å²) in [4.78, 5) is 15.8. The quantitative estimate of drug-likeness (QED) is 0.730. The van der Waals surface area contributed by atoms with Crippen LogP contribution in [0.3, 0.4) is 0 Å². The Bertz CT molecular complexity index is 622. The van der Waals surface area contributed by atoms with Gasteiger partial charge in [-0.1, -0.05) is 12.1 Å². The first-order valence-electron chi connectivity index (χ1n) is 6.77. The lowest BCUT2D eigenvalue weighted by Gasteiger charge is -2.09. The number of hydrogen-bond donors (Lipinski definition) is 0. The van der Waals surface area contributed by atoms with Gasteiger partial charge in [0.2, 0.25) is 0 Å². The molecule has 6 nitrogen and oxygen atoms in total. The molecular formula is C15H18N2O4. The third kappa shape index (κ3) is 3.81. The lowest BCUT2D eigenvalue weighted by atomic mass is 10.1. The first kappa shape index (κ1) is 15.0. The number of rotatable bonds is 7. The molecule has 2 aromatic rings. The maximum absolute atomic E-state index is 11.6. The molecule has 1 heterocycles. The SMILES string of the molecule is CCCc1noc(COc2cc(OC)ccc2C(C)=O)n1. The molecular weight excluding hydrogens is 272 g/mol. The molecule has 112 valence electrons. The Labute approximate surface area is 123 Å². The number of methoxy groups -OCH3 is 1. The summed E-state index contributed by atoms with van der Waals surface area (Å²) in [7, 11) is 1.56. The van der Waals surface area contributed by atoms with Crippen molar-refractivity contribution in [2.24, 2.45) is 0 Å². The average molecular weight is 290 g/mol. The summed E-state index contributed by atoms with van der Waals surface area (Å²) in [6.07, 6.45) is 1.71. The molecule has 6 heteroatoms. The minimum Gasteiger partial charge on any atom is -0.497 e. The molecule has 0 aliphatic rings. The van der Waals surface area contributed by atoms with Gasteiger partial charge in [-0.15, -0.1) is 0 Å². The Hall–Kier alpha value is -2.37. The van der Waals surface area contributed by atoms with Gasteiger partial charge in [0.05, 0.1) is 12.7 Å². The van der Waals surface area contributed by atoms with Gasteiger partial charge < -0.3 is 14.0 Å². The van der Waals surface area contributed by atoms with Crippen molar-refractivity contribution in [2.45, 2.75) is 33.3 Å². The van der Waals surface area contributed by atoms with Crippen LogP contribution in [0.4, 0.5) is 0 Å². The number of carbonyl (C=O) groups excluding carboxylic acids is 1. The van der Waals surface area contributed by atoms with Crippen LogP contribution in [0.1, 0.15) is 42.3 Å². The monoisotopic (exact) mass is 290 g/mol. The molecule has 21 heavy (non-hydrogen) atoms. The summed E-state index contributed by atoms with van der Waals surface area (Å²) in [6.45, 7) is 3.65. The minimum absolute atomic E-state index is 0.0788. The number of aromatic nitrogens is 2. The van der Waals surface area contributed by atoms with Gasteiger partial charge in [-0.2, -0.15) is 4.98 Å². The fourth-order valence-corrected chi connectivity index (χ4v) is 1.85. The van der Waals surface area contributed by atoms with E-state index < -0.39 is 0 Å². The highest BCUT2D eigenvalue weighted by Gasteiger charge is 2.12.